The highest BCUT2D eigenvalue weighted by Crippen LogP contribution is 2.29. The fraction of sp³-hybridized carbons (Fsp3) is 0.480. The van der Waals surface area contributed by atoms with Crippen molar-refractivity contribution in [1.82, 2.24) is 15.3 Å². The van der Waals surface area contributed by atoms with Crippen LogP contribution >= 0.6 is 0 Å². The third-order valence-corrected chi connectivity index (χ3v) is 6.54. The first kappa shape index (κ1) is 23.7. The number of hydrogen-bond acceptors (Lipinski definition) is 7. The molecule has 34 heavy (non-hydrogen) atoms. The van der Waals surface area contributed by atoms with Gasteiger partial charge < -0.3 is 15.5 Å². The summed E-state index contributed by atoms with van der Waals surface area (Å²) in [6.07, 6.45) is 10.8. The van der Waals surface area contributed by atoms with E-state index in [1.54, 1.807) is 18.2 Å². The molecule has 2 aliphatic rings. The molecule has 2 aliphatic carbocycles. The van der Waals surface area contributed by atoms with Crippen LogP contribution in [-0.4, -0.2) is 47.0 Å². The maximum Gasteiger partial charge on any atom is 0.276 e. The van der Waals surface area contributed by atoms with E-state index in [1.807, 2.05) is 14.1 Å². The van der Waals surface area contributed by atoms with E-state index in [-0.39, 0.29) is 23.7 Å². The first-order valence-corrected chi connectivity index (χ1v) is 12.0. The number of hydrogen-bond donors (Lipinski definition) is 2. The predicted molar refractivity (Wildman–Crippen MR) is 133 cm³/mol. The van der Waals surface area contributed by atoms with Crippen LogP contribution in [0.5, 0.6) is 0 Å². The van der Waals surface area contributed by atoms with Gasteiger partial charge in [-0.15, -0.1) is 0 Å². The Bertz CT molecular complexity index is 1080. The zero-order valence-corrected chi connectivity index (χ0v) is 19.8. The first-order chi connectivity index (χ1) is 16.4. The number of benzene rings is 1. The Kier molecular flexibility index (Phi) is 7.40. The number of amides is 1. The van der Waals surface area contributed by atoms with Gasteiger partial charge in [-0.05, 0) is 63.5 Å². The van der Waals surface area contributed by atoms with E-state index in [9.17, 15) is 14.9 Å². The lowest BCUT2D eigenvalue weighted by Crippen LogP contribution is -2.39. The Balaban J connectivity index is 1.31. The third-order valence-electron chi connectivity index (χ3n) is 6.54. The number of nitro groups is 1. The van der Waals surface area contributed by atoms with Gasteiger partial charge in [-0.25, -0.2) is 4.98 Å². The molecule has 0 saturated heterocycles. The van der Waals surface area contributed by atoms with E-state index in [0.717, 1.165) is 44.3 Å². The number of nitrogens with zero attached hydrogens (tertiary/aromatic N) is 4. The molecule has 9 heteroatoms. The molecule has 1 fully saturated rings. The highest BCUT2D eigenvalue weighted by atomic mass is 16.6. The molecule has 1 heterocycles. The summed E-state index contributed by atoms with van der Waals surface area (Å²) in [6.45, 7) is 0. The topological polar surface area (TPSA) is 113 Å². The molecule has 2 N–H and O–H groups in total. The number of para-hydroxylation sites is 1. The first-order valence-electron chi connectivity index (χ1n) is 12.0. The summed E-state index contributed by atoms with van der Waals surface area (Å²) in [7, 11) is 4.05. The van der Waals surface area contributed by atoms with Crippen molar-refractivity contribution >= 4 is 29.4 Å². The van der Waals surface area contributed by atoms with Crippen molar-refractivity contribution in [3.8, 4) is 0 Å². The molecule has 180 valence electrons. The lowest BCUT2D eigenvalue weighted by Gasteiger charge is -2.30. The number of rotatable bonds is 7. The van der Waals surface area contributed by atoms with E-state index in [0.29, 0.717) is 11.5 Å². The highest BCUT2D eigenvalue weighted by molar-refractivity contribution is 5.92. The van der Waals surface area contributed by atoms with Crippen molar-refractivity contribution in [2.45, 2.75) is 63.5 Å². The molecule has 0 spiro atoms. The Morgan fingerprint density at radius 2 is 1.79 bits per heavy atom. The normalized spacial score (nSPS) is 19.9. The molecule has 1 saturated carbocycles. The summed E-state index contributed by atoms with van der Waals surface area (Å²) < 4.78 is 0. The van der Waals surface area contributed by atoms with Crippen molar-refractivity contribution in [3.63, 3.8) is 0 Å². The number of aryl methyl sites for hydroxylation is 1. The van der Waals surface area contributed by atoms with Crippen LogP contribution in [0, 0.1) is 10.1 Å². The van der Waals surface area contributed by atoms with Crippen LogP contribution in [0.2, 0.25) is 0 Å². The Labute approximate surface area is 199 Å². The standard InChI is InChI=1S/C25H32N6O3/c1-30(2)24-20-8-4-5-9-21(20)28-25(29-24)27-19-14-12-18(13-15-19)26-23(32)16-11-17-7-3-6-10-22(17)31(33)34/h3,6-7,10-11,16,18-19H,4-5,8-9,12-15H2,1-2H3,(H,26,32)(H,27,28,29)/t18-,19+. The van der Waals surface area contributed by atoms with Crippen LogP contribution in [0.1, 0.15) is 55.3 Å². The van der Waals surface area contributed by atoms with Crippen LogP contribution < -0.4 is 15.5 Å². The van der Waals surface area contributed by atoms with Gasteiger partial charge in [-0.3, -0.25) is 14.9 Å². The van der Waals surface area contributed by atoms with Gasteiger partial charge in [-0.2, -0.15) is 4.98 Å². The Morgan fingerprint density at radius 1 is 1.09 bits per heavy atom. The van der Waals surface area contributed by atoms with E-state index >= 15 is 0 Å². The number of fused-ring (bicyclic) bond motifs is 1. The van der Waals surface area contributed by atoms with Gasteiger partial charge in [0.05, 0.1) is 16.2 Å². The highest BCUT2D eigenvalue weighted by Gasteiger charge is 2.24. The SMILES string of the molecule is CN(C)c1nc(N[C@H]2CC[C@@H](NC(=O)C=Cc3ccccc3[N+](=O)[O-])CC2)nc2c1CCCC2. The average molecular weight is 465 g/mol. The summed E-state index contributed by atoms with van der Waals surface area (Å²) in [4.78, 5) is 34.7. The lowest BCUT2D eigenvalue weighted by molar-refractivity contribution is -0.385. The quantitative estimate of drug-likeness (QED) is 0.363. The molecule has 0 bridgehead atoms. The van der Waals surface area contributed by atoms with Gasteiger partial charge in [-0.1, -0.05) is 12.1 Å². The molecule has 4 rings (SSSR count). The third kappa shape index (κ3) is 5.70. The molecule has 0 aliphatic heterocycles. The summed E-state index contributed by atoms with van der Waals surface area (Å²) in [5.74, 6) is 1.48. The summed E-state index contributed by atoms with van der Waals surface area (Å²) in [6, 6.07) is 6.74. The van der Waals surface area contributed by atoms with Crippen LogP contribution in [-0.2, 0) is 17.6 Å². The van der Waals surface area contributed by atoms with Crippen LogP contribution in [0.3, 0.4) is 0 Å². The number of anilines is 2. The van der Waals surface area contributed by atoms with Gasteiger partial charge in [0.2, 0.25) is 11.9 Å². The lowest BCUT2D eigenvalue weighted by atomic mass is 9.91. The minimum absolute atomic E-state index is 0.0139. The molecular formula is C25H32N6O3. The minimum Gasteiger partial charge on any atom is -0.362 e. The number of nitrogens with one attached hydrogen (secondary N) is 2. The fourth-order valence-electron chi connectivity index (χ4n) is 4.78. The van der Waals surface area contributed by atoms with Gasteiger partial charge in [0.25, 0.3) is 5.69 Å². The number of carbonyl (C=O) groups is 1. The van der Waals surface area contributed by atoms with Crippen molar-refractivity contribution < 1.29 is 9.72 Å². The van der Waals surface area contributed by atoms with Gasteiger partial charge in [0.15, 0.2) is 0 Å². The molecule has 9 nitrogen and oxygen atoms in total. The van der Waals surface area contributed by atoms with E-state index in [1.165, 1.54) is 42.3 Å². The molecule has 2 aromatic rings. The van der Waals surface area contributed by atoms with Crippen LogP contribution in [0.25, 0.3) is 6.08 Å². The van der Waals surface area contributed by atoms with Crippen molar-refractivity contribution in [2.24, 2.45) is 0 Å². The van der Waals surface area contributed by atoms with Crippen molar-refractivity contribution in [2.75, 3.05) is 24.3 Å². The van der Waals surface area contributed by atoms with E-state index in [2.05, 4.69) is 15.5 Å². The number of carbonyl (C=O) groups excluding carboxylic acids is 1. The largest absolute Gasteiger partial charge is 0.362 e. The van der Waals surface area contributed by atoms with E-state index < -0.39 is 4.92 Å². The Morgan fingerprint density at radius 3 is 2.53 bits per heavy atom. The van der Waals surface area contributed by atoms with Crippen LogP contribution in [0.15, 0.2) is 30.3 Å². The second kappa shape index (κ2) is 10.6. The molecule has 1 aromatic carbocycles. The maximum atomic E-state index is 12.4. The summed E-state index contributed by atoms with van der Waals surface area (Å²) in [5.41, 5.74) is 2.85. The molecule has 1 aromatic heterocycles. The smallest absolute Gasteiger partial charge is 0.276 e. The van der Waals surface area contributed by atoms with Gasteiger partial charge in [0, 0.05) is 43.9 Å². The average Bonchev–Trinajstić information content (AvgIpc) is 2.83. The van der Waals surface area contributed by atoms with Crippen molar-refractivity contribution in [1.29, 1.82) is 0 Å². The summed E-state index contributed by atoms with van der Waals surface area (Å²) >= 11 is 0. The Hall–Kier alpha value is -3.49. The van der Waals surface area contributed by atoms with Gasteiger partial charge in [0.1, 0.15) is 5.82 Å². The monoisotopic (exact) mass is 464 g/mol. The van der Waals surface area contributed by atoms with Gasteiger partial charge >= 0.3 is 0 Å². The number of nitro benzene ring substituents is 1. The number of aromatic nitrogens is 2. The molecule has 0 atom stereocenters. The second-order valence-electron chi connectivity index (χ2n) is 9.25. The zero-order chi connectivity index (χ0) is 24.1. The maximum absolute atomic E-state index is 12.4. The predicted octanol–water partition coefficient (Wildman–Crippen LogP) is 3.88. The molecular weight excluding hydrogens is 432 g/mol. The minimum atomic E-state index is -0.445. The molecule has 0 radical (unpaired) electrons. The molecule has 1 amide bonds. The van der Waals surface area contributed by atoms with Crippen molar-refractivity contribution in [3.05, 3.63) is 57.3 Å². The molecule has 0 unspecified atom stereocenters. The fourth-order valence-corrected chi connectivity index (χ4v) is 4.78. The van der Waals surface area contributed by atoms with Crippen LogP contribution in [0.4, 0.5) is 17.5 Å². The van der Waals surface area contributed by atoms with E-state index in [4.69, 9.17) is 9.97 Å². The summed E-state index contributed by atoms with van der Waals surface area (Å²) in [5, 5.41) is 17.7. The second-order valence-corrected chi connectivity index (χ2v) is 9.25. The zero-order valence-electron chi connectivity index (χ0n) is 19.8.